The normalized spacial score (nSPS) is 15.2. The summed E-state index contributed by atoms with van der Waals surface area (Å²) in [5.74, 6) is -0.463. The fourth-order valence-corrected chi connectivity index (χ4v) is 5.02. The van der Waals surface area contributed by atoms with Gasteiger partial charge in [0, 0.05) is 18.1 Å². The highest BCUT2D eigenvalue weighted by molar-refractivity contribution is 8.26. The van der Waals surface area contributed by atoms with E-state index in [0.717, 1.165) is 22.2 Å². The summed E-state index contributed by atoms with van der Waals surface area (Å²) in [4.78, 5) is 26.7. The molecule has 184 valence electrons. The molecule has 36 heavy (non-hydrogen) atoms. The molecule has 0 aliphatic carbocycles. The van der Waals surface area contributed by atoms with Gasteiger partial charge in [-0.2, -0.15) is 0 Å². The molecule has 1 aliphatic heterocycles. The van der Waals surface area contributed by atoms with Crippen LogP contribution in [0.5, 0.6) is 17.2 Å². The fourth-order valence-electron chi connectivity index (χ4n) is 3.68. The van der Waals surface area contributed by atoms with Gasteiger partial charge in [-0.1, -0.05) is 66.4 Å². The summed E-state index contributed by atoms with van der Waals surface area (Å²) in [6.07, 6.45) is 1.69. The van der Waals surface area contributed by atoms with Crippen molar-refractivity contribution in [2.24, 2.45) is 0 Å². The first kappa shape index (κ1) is 25.3. The van der Waals surface area contributed by atoms with Gasteiger partial charge >= 0.3 is 5.97 Å². The Morgan fingerprint density at radius 3 is 2.47 bits per heavy atom. The standard InChI is InChI=1S/C27H23NO6S2/c1-33-23-15-21(34-16-18-5-3-2-4-6-18)12-9-19(23)14-24-25(30)28(27(35)36-24)22(26(31)32)13-17-7-10-20(29)11-8-17/h2-12,14-15,22,29H,13,16H2,1H3,(H,31,32)/b24-14-. The van der Waals surface area contributed by atoms with Gasteiger partial charge in [-0.3, -0.25) is 9.69 Å². The molecule has 3 aromatic carbocycles. The van der Waals surface area contributed by atoms with Crippen LogP contribution in [0.1, 0.15) is 16.7 Å². The van der Waals surface area contributed by atoms with E-state index in [2.05, 4.69) is 0 Å². The number of phenols is 1. The number of aromatic hydroxyl groups is 1. The average molecular weight is 522 g/mol. The van der Waals surface area contributed by atoms with Crippen LogP contribution < -0.4 is 9.47 Å². The largest absolute Gasteiger partial charge is 0.508 e. The number of amides is 1. The lowest BCUT2D eigenvalue weighted by molar-refractivity contribution is -0.145. The van der Waals surface area contributed by atoms with Gasteiger partial charge in [-0.25, -0.2) is 4.79 Å². The zero-order valence-electron chi connectivity index (χ0n) is 19.3. The smallest absolute Gasteiger partial charge is 0.327 e. The maximum Gasteiger partial charge on any atom is 0.327 e. The molecule has 1 heterocycles. The van der Waals surface area contributed by atoms with Crippen molar-refractivity contribution in [1.82, 2.24) is 4.90 Å². The number of ether oxygens (including phenoxy) is 2. The van der Waals surface area contributed by atoms with E-state index in [-0.39, 0.29) is 16.5 Å². The van der Waals surface area contributed by atoms with E-state index in [1.807, 2.05) is 30.3 Å². The number of carboxylic acids is 1. The van der Waals surface area contributed by atoms with E-state index >= 15 is 0 Å². The molecule has 0 aromatic heterocycles. The van der Waals surface area contributed by atoms with Gasteiger partial charge in [0.1, 0.15) is 34.2 Å². The molecule has 0 spiro atoms. The molecule has 1 fully saturated rings. The van der Waals surface area contributed by atoms with Crippen LogP contribution in [0.15, 0.2) is 77.7 Å². The first-order chi connectivity index (χ1) is 17.4. The zero-order chi connectivity index (χ0) is 25.7. The van der Waals surface area contributed by atoms with Crippen LogP contribution in [0.2, 0.25) is 0 Å². The molecule has 0 saturated carbocycles. The number of aliphatic carboxylic acids is 1. The second kappa shape index (κ2) is 11.3. The first-order valence-electron chi connectivity index (χ1n) is 11.0. The van der Waals surface area contributed by atoms with E-state index < -0.39 is 17.9 Å². The van der Waals surface area contributed by atoms with Gasteiger partial charge in [0.25, 0.3) is 5.91 Å². The average Bonchev–Trinajstić information content (AvgIpc) is 3.15. The Morgan fingerprint density at radius 2 is 1.81 bits per heavy atom. The number of methoxy groups -OCH3 is 1. The number of hydrogen-bond acceptors (Lipinski definition) is 7. The minimum Gasteiger partial charge on any atom is -0.508 e. The Hall–Kier alpha value is -3.82. The topological polar surface area (TPSA) is 96.3 Å². The summed E-state index contributed by atoms with van der Waals surface area (Å²) in [5, 5.41) is 19.3. The van der Waals surface area contributed by atoms with E-state index in [0.29, 0.717) is 34.1 Å². The summed E-state index contributed by atoms with van der Waals surface area (Å²) < 4.78 is 11.5. The van der Waals surface area contributed by atoms with Crippen LogP contribution in [-0.2, 0) is 22.6 Å². The van der Waals surface area contributed by atoms with Crippen molar-refractivity contribution in [3.8, 4) is 17.2 Å². The molecule has 1 aliphatic rings. The molecule has 0 radical (unpaired) electrons. The van der Waals surface area contributed by atoms with Crippen molar-refractivity contribution >= 4 is 46.3 Å². The summed E-state index contributed by atoms with van der Waals surface area (Å²) in [6.45, 7) is 0.402. The van der Waals surface area contributed by atoms with Crippen molar-refractivity contribution in [3.63, 3.8) is 0 Å². The van der Waals surface area contributed by atoms with Crippen molar-refractivity contribution in [2.75, 3.05) is 7.11 Å². The summed E-state index contributed by atoms with van der Waals surface area (Å²) in [7, 11) is 1.52. The van der Waals surface area contributed by atoms with Crippen LogP contribution >= 0.6 is 24.0 Å². The van der Waals surface area contributed by atoms with Crippen LogP contribution in [0.4, 0.5) is 0 Å². The second-order valence-electron chi connectivity index (χ2n) is 7.95. The number of thiocarbonyl (C=S) groups is 1. The maximum atomic E-state index is 13.2. The highest BCUT2D eigenvalue weighted by atomic mass is 32.2. The van der Waals surface area contributed by atoms with E-state index in [1.165, 1.54) is 19.2 Å². The van der Waals surface area contributed by atoms with Crippen LogP contribution in [0.3, 0.4) is 0 Å². The number of thioether (sulfide) groups is 1. The van der Waals surface area contributed by atoms with E-state index in [4.69, 9.17) is 21.7 Å². The Balaban J connectivity index is 1.53. The molecular weight excluding hydrogens is 498 g/mol. The number of carbonyl (C=O) groups excluding carboxylic acids is 1. The van der Waals surface area contributed by atoms with Gasteiger partial charge in [-0.05, 0) is 41.5 Å². The fraction of sp³-hybridized carbons (Fsp3) is 0.148. The molecule has 1 atom stereocenters. The molecular formula is C27H23NO6S2. The lowest BCUT2D eigenvalue weighted by Gasteiger charge is -2.23. The Kier molecular flexibility index (Phi) is 7.92. The molecule has 1 unspecified atom stereocenters. The lowest BCUT2D eigenvalue weighted by atomic mass is 10.0. The predicted octanol–water partition coefficient (Wildman–Crippen LogP) is 4.88. The Bertz CT molecular complexity index is 1310. The molecule has 2 N–H and O–H groups in total. The van der Waals surface area contributed by atoms with Gasteiger partial charge in [0.05, 0.1) is 12.0 Å². The number of carbonyl (C=O) groups is 2. The molecule has 1 amide bonds. The zero-order valence-corrected chi connectivity index (χ0v) is 20.9. The molecule has 3 aromatic rings. The highest BCUT2D eigenvalue weighted by Crippen LogP contribution is 2.37. The third-order valence-corrected chi connectivity index (χ3v) is 6.86. The van der Waals surface area contributed by atoms with E-state index in [9.17, 15) is 19.8 Å². The quantitative estimate of drug-likeness (QED) is 0.304. The Labute approximate surface area is 218 Å². The van der Waals surface area contributed by atoms with Gasteiger partial charge in [0.15, 0.2) is 0 Å². The third-order valence-electron chi connectivity index (χ3n) is 5.53. The van der Waals surface area contributed by atoms with Gasteiger partial charge in [0.2, 0.25) is 0 Å². The summed E-state index contributed by atoms with van der Waals surface area (Å²) in [5.41, 5.74) is 2.32. The Morgan fingerprint density at radius 1 is 1.08 bits per heavy atom. The van der Waals surface area contributed by atoms with Crippen LogP contribution in [0.25, 0.3) is 6.08 Å². The van der Waals surface area contributed by atoms with Gasteiger partial charge < -0.3 is 19.7 Å². The third kappa shape index (κ3) is 5.87. The van der Waals surface area contributed by atoms with Crippen LogP contribution in [-0.4, -0.2) is 44.5 Å². The predicted molar refractivity (Wildman–Crippen MR) is 142 cm³/mol. The monoisotopic (exact) mass is 521 g/mol. The lowest BCUT2D eigenvalue weighted by Crippen LogP contribution is -2.45. The molecule has 0 bridgehead atoms. The minimum absolute atomic E-state index is 0.0477. The van der Waals surface area contributed by atoms with Crippen molar-refractivity contribution in [2.45, 2.75) is 19.1 Å². The van der Waals surface area contributed by atoms with Gasteiger partial charge in [-0.15, -0.1) is 0 Å². The highest BCUT2D eigenvalue weighted by Gasteiger charge is 2.40. The number of phenolic OH excluding ortho intramolecular Hbond substituents is 1. The molecule has 9 heteroatoms. The summed E-state index contributed by atoms with van der Waals surface area (Å²) in [6, 6.07) is 20.1. The van der Waals surface area contributed by atoms with Crippen molar-refractivity contribution < 1.29 is 29.3 Å². The number of nitrogens with zero attached hydrogens (tertiary/aromatic N) is 1. The van der Waals surface area contributed by atoms with Crippen molar-refractivity contribution in [1.29, 1.82) is 0 Å². The van der Waals surface area contributed by atoms with Crippen molar-refractivity contribution in [3.05, 3.63) is 94.4 Å². The number of carboxylic acid groups (broad SMARTS) is 1. The van der Waals surface area contributed by atoms with E-state index in [1.54, 1.807) is 36.4 Å². The molecule has 1 saturated heterocycles. The van der Waals surface area contributed by atoms with Crippen LogP contribution in [0, 0.1) is 0 Å². The summed E-state index contributed by atoms with van der Waals surface area (Å²) >= 11 is 6.42. The number of rotatable bonds is 9. The molecule has 7 nitrogen and oxygen atoms in total. The maximum absolute atomic E-state index is 13.2. The molecule has 4 rings (SSSR count). The first-order valence-corrected chi connectivity index (χ1v) is 12.2. The SMILES string of the molecule is COc1cc(OCc2ccccc2)ccc1/C=C1\SC(=S)N(C(Cc2ccc(O)cc2)C(=O)O)C1=O. The number of hydrogen-bond donors (Lipinski definition) is 2. The minimum atomic E-state index is -1.18. The second-order valence-corrected chi connectivity index (χ2v) is 9.63. The number of benzene rings is 3.